The number of hydrogen-bond donors (Lipinski definition) is 0. The van der Waals surface area contributed by atoms with E-state index in [1.54, 1.807) is 4.90 Å². The number of hydrogen-bond acceptors (Lipinski definition) is 4. The number of amides is 1. The Morgan fingerprint density at radius 3 is 2.82 bits per heavy atom. The molecule has 1 fully saturated rings. The second-order valence-electron chi connectivity index (χ2n) is 6.40. The highest BCUT2D eigenvalue weighted by atomic mass is 32.2. The first-order valence-corrected chi connectivity index (χ1v) is 8.42. The summed E-state index contributed by atoms with van der Waals surface area (Å²) in [6, 6.07) is 9.80. The van der Waals surface area contributed by atoms with E-state index in [4.69, 9.17) is 4.74 Å². The van der Waals surface area contributed by atoms with Crippen molar-refractivity contribution in [2.24, 2.45) is 4.40 Å². The van der Waals surface area contributed by atoms with Crippen LogP contribution in [0.4, 0.5) is 4.79 Å². The van der Waals surface area contributed by atoms with Crippen LogP contribution in [0.25, 0.3) is 0 Å². The van der Waals surface area contributed by atoms with Gasteiger partial charge in [0, 0.05) is 17.5 Å². The van der Waals surface area contributed by atoms with Crippen LogP contribution in [-0.2, 0) is 11.3 Å². The van der Waals surface area contributed by atoms with Crippen LogP contribution in [0.1, 0.15) is 39.2 Å². The summed E-state index contributed by atoms with van der Waals surface area (Å²) >= 11 is 1.54. The summed E-state index contributed by atoms with van der Waals surface area (Å²) in [6.07, 6.45) is 3.58. The Morgan fingerprint density at radius 1 is 1.41 bits per heavy atom. The van der Waals surface area contributed by atoms with E-state index in [0.29, 0.717) is 6.61 Å². The van der Waals surface area contributed by atoms with Gasteiger partial charge in [-0.25, -0.2) is 9.19 Å². The molecule has 5 heteroatoms. The highest BCUT2D eigenvalue weighted by Crippen LogP contribution is 2.25. The van der Waals surface area contributed by atoms with Gasteiger partial charge in [0.05, 0.1) is 6.04 Å². The Kier molecular flexibility index (Phi) is 5.89. The van der Waals surface area contributed by atoms with Gasteiger partial charge in [0.15, 0.2) is 0 Å². The normalized spacial score (nSPS) is 18.9. The van der Waals surface area contributed by atoms with Crippen LogP contribution in [0.5, 0.6) is 0 Å². The van der Waals surface area contributed by atoms with Crippen molar-refractivity contribution in [3.8, 4) is 0 Å². The maximum Gasteiger partial charge on any atom is 0.410 e. The minimum atomic E-state index is -0.251. The summed E-state index contributed by atoms with van der Waals surface area (Å²) in [4.78, 5) is 14.0. The van der Waals surface area contributed by atoms with Crippen molar-refractivity contribution in [3.63, 3.8) is 0 Å². The lowest BCUT2D eigenvalue weighted by Crippen LogP contribution is -2.36. The lowest BCUT2D eigenvalue weighted by molar-refractivity contribution is 0.0997. The van der Waals surface area contributed by atoms with Crippen molar-refractivity contribution in [1.29, 1.82) is 0 Å². The van der Waals surface area contributed by atoms with Crippen LogP contribution in [0, 0.1) is 0 Å². The van der Waals surface area contributed by atoms with Gasteiger partial charge in [-0.3, -0.25) is 0 Å². The summed E-state index contributed by atoms with van der Waals surface area (Å²) in [7, 11) is 0. The first kappa shape index (κ1) is 16.9. The molecule has 0 radical (unpaired) electrons. The Bertz CT molecular complexity index is 511. The molecule has 120 valence electrons. The van der Waals surface area contributed by atoms with Crippen LogP contribution in [0.2, 0.25) is 0 Å². The molecule has 1 saturated heterocycles. The summed E-state index contributed by atoms with van der Waals surface area (Å²) in [5.74, 6) is 0. The Labute approximate surface area is 137 Å². The van der Waals surface area contributed by atoms with E-state index in [0.717, 1.165) is 24.9 Å². The summed E-state index contributed by atoms with van der Waals surface area (Å²) < 4.78 is 9.92. The van der Waals surface area contributed by atoms with Gasteiger partial charge in [-0.15, -0.1) is 0 Å². The highest BCUT2D eigenvalue weighted by molar-refractivity contribution is 7.99. The third-order valence-corrected chi connectivity index (χ3v) is 4.07. The molecule has 0 bridgehead atoms. The van der Waals surface area contributed by atoms with Gasteiger partial charge in [-0.05, 0) is 51.1 Å². The number of nitrogens with zero attached hydrogens (tertiary/aromatic N) is 2. The molecule has 0 spiro atoms. The van der Waals surface area contributed by atoms with E-state index < -0.39 is 0 Å². The Balaban J connectivity index is 1.85. The first-order valence-electron chi connectivity index (χ1n) is 7.65. The molecule has 0 aliphatic carbocycles. The van der Waals surface area contributed by atoms with Gasteiger partial charge < -0.3 is 9.64 Å². The van der Waals surface area contributed by atoms with E-state index in [1.807, 2.05) is 36.5 Å². The maximum atomic E-state index is 12.2. The highest BCUT2D eigenvalue weighted by Gasteiger charge is 2.28. The van der Waals surface area contributed by atoms with Crippen molar-refractivity contribution in [3.05, 3.63) is 35.9 Å². The molecule has 0 aromatic heterocycles. The number of ether oxygens (including phenoxy) is 1. The number of rotatable bonds is 4. The van der Waals surface area contributed by atoms with Gasteiger partial charge in [-0.2, -0.15) is 0 Å². The fraction of sp³-hybridized carbons (Fsp3) is 0.529. The van der Waals surface area contributed by atoms with Crippen molar-refractivity contribution < 1.29 is 9.53 Å². The quantitative estimate of drug-likeness (QED) is 0.613. The van der Waals surface area contributed by atoms with Gasteiger partial charge in [0.1, 0.15) is 6.61 Å². The Hall–Kier alpha value is -1.49. The van der Waals surface area contributed by atoms with E-state index in [-0.39, 0.29) is 16.9 Å². The standard InChI is InChI=1S/C17H24N2O2S/c1-17(2,3)22-18-12-15-10-7-11-19(15)16(20)21-13-14-8-5-4-6-9-14/h4-6,8-9,12,15H,7,10-11,13H2,1-3H3/b18-12+. The fourth-order valence-corrected chi connectivity index (χ4v) is 2.75. The molecule has 1 unspecified atom stereocenters. The maximum absolute atomic E-state index is 12.2. The molecule has 1 atom stereocenters. The minimum Gasteiger partial charge on any atom is -0.445 e. The number of carbonyl (C=O) groups is 1. The first-order chi connectivity index (χ1) is 10.5. The average molecular weight is 320 g/mol. The molecular formula is C17H24N2O2S. The van der Waals surface area contributed by atoms with E-state index >= 15 is 0 Å². The summed E-state index contributed by atoms with van der Waals surface area (Å²) in [5.41, 5.74) is 1.00. The molecule has 2 rings (SSSR count). The average Bonchev–Trinajstić information content (AvgIpc) is 2.93. The molecule has 1 aromatic rings. The predicted molar refractivity (Wildman–Crippen MR) is 92.2 cm³/mol. The van der Waals surface area contributed by atoms with Crippen molar-refractivity contribution >= 4 is 24.3 Å². The van der Waals surface area contributed by atoms with Crippen LogP contribution in [0.15, 0.2) is 34.7 Å². The number of benzene rings is 1. The topological polar surface area (TPSA) is 41.9 Å². The molecule has 1 heterocycles. The summed E-state index contributed by atoms with van der Waals surface area (Å²) in [5, 5.41) is 0. The molecule has 0 saturated carbocycles. The van der Waals surface area contributed by atoms with Crippen molar-refractivity contribution in [2.75, 3.05) is 6.54 Å². The molecular weight excluding hydrogens is 296 g/mol. The molecule has 0 N–H and O–H groups in total. The minimum absolute atomic E-state index is 0.0538. The van der Waals surface area contributed by atoms with Gasteiger partial charge in [-0.1, -0.05) is 30.3 Å². The van der Waals surface area contributed by atoms with Gasteiger partial charge in [0.25, 0.3) is 0 Å². The third kappa shape index (κ3) is 5.37. The van der Waals surface area contributed by atoms with Crippen molar-refractivity contribution in [1.82, 2.24) is 4.90 Å². The number of likely N-dealkylation sites (tertiary alicyclic amines) is 1. The number of carbonyl (C=O) groups excluding carboxylic acids is 1. The second-order valence-corrected chi connectivity index (χ2v) is 8.02. The molecule has 1 aliphatic heterocycles. The largest absolute Gasteiger partial charge is 0.445 e. The summed E-state index contributed by atoms with van der Waals surface area (Å²) in [6.45, 7) is 7.42. The molecule has 22 heavy (non-hydrogen) atoms. The smallest absolute Gasteiger partial charge is 0.410 e. The van der Waals surface area contributed by atoms with Gasteiger partial charge in [0.2, 0.25) is 0 Å². The monoisotopic (exact) mass is 320 g/mol. The van der Waals surface area contributed by atoms with Gasteiger partial charge >= 0.3 is 6.09 Å². The third-order valence-electron chi connectivity index (χ3n) is 3.30. The van der Waals surface area contributed by atoms with E-state index in [2.05, 4.69) is 25.2 Å². The van der Waals surface area contributed by atoms with E-state index in [1.165, 1.54) is 11.9 Å². The van der Waals surface area contributed by atoms with Crippen LogP contribution >= 0.6 is 11.9 Å². The predicted octanol–water partition coefficient (Wildman–Crippen LogP) is 4.31. The van der Waals surface area contributed by atoms with Crippen LogP contribution in [-0.4, -0.2) is 34.5 Å². The molecule has 1 aliphatic rings. The second kappa shape index (κ2) is 7.68. The van der Waals surface area contributed by atoms with Crippen molar-refractivity contribution in [2.45, 2.75) is 51.0 Å². The fourth-order valence-electron chi connectivity index (χ4n) is 2.24. The Morgan fingerprint density at radius 2 is 2.14 bits per heavy atom. The zero-order chi connectivity index (χ0) is 16.0. The molecule has 1 amide bonds. The zero-order valence-electron chi connectivity index (χ0n) is 13.5. The molecule has 4 nitrogen and oxygen atoms in total. The van der Waals surface area contributed by atoms with E-state index in [9.17, 15) is 4.79 Å². The molecule has 1 aromatic carbocycles. The lowest BCUT2D eigenvalue weighted by atomic mass is 10.2. The van der Waals surface area contributed by atoms with Crippen LogP contribution < -0.4 is 0 Å². The van der Waals surface area contributed by atoms with Crippen LogP contribution in [0.3, 0.4) is 0 Å². The lowest BCUT2D eigenvalue weighted by Gasteiger charge is -2.21. The SMILES string of the molecule is CC(C)(C)S/N=C/C1CCCN1C(=O)OCc1ccccc1. The zero-order valence-corrected chi connectivity index (χ0v) is 14.3.